The predicted octanol–water partition coefficient (Wildman–Crippen LogP) is 4.75. The van der Waals surface area contributed by atoms with Gasteiger partial charge in [-0.05, 0) is 23.6 Å². The van der Waals surface area contributed by atoms with Gasteiger partial charge in [0.25, 0.3) is 0 Å². The molecule has 108 valence electrons. The maximum Gasteiger partial charge on any atom is 0.225 e. The van der Waals surface area contributed by atoms with E-state index in [0.717, 1.165) is 11.3 Å². The van der Waals surface area contributed by atoms with Crippen LogP contribution in [0, 0.1) is 11.2 Å². The van der Waals surface area contributed by atoms with Gasteiger partial charge < -0.3 is 4.74 Å². The number of hydrogen-bond acceptors (Lipinski definition) is 2. The summed E-state index contributed by atoms with van der Waals surface area (Å²) in [6, 6.07) is 14.3. The van der Waals surface area contributed by atoms with E-state index in [1.165, 1.54) is 6.07 Å². The lowest BCUT2D eigenvalue weighted by molar-refractivity contribution is 0.308. The van der Waals surface area contributed by atoms with Crippen LogP contribution in [-0.2, 0) is 0 Å². The molecule has 0 bridgehead atoms. The zero-order valence-electron chi connectivity index (χ0n) is 12.4. The number of hydrogen-bond donors (Lipinski definition) is 0. The second-order valence-corrected chi connectivity index (χ2v) is 6.32. The quantitative estimate of drug-likeness (QED) is 0.740. The summed E-state index contributed by atoms with van der Waals surface area (Å²) in [4.78, 5) is 4.68. The molecule has 0 aromatic heterocycles. The first-order chi connectivity index (χ1) is 9.97. The smallest absolute Gasteiger partial charge is 0.225 e. The van der Waals surface area contributed by atoms with Gasteiger partial charge in [0.05, 0.1) is 11.6 Å². The van der Waals surface area contributed by atoms with E-state index < -0.39 is 0 Å². The van der Waals surface area contributed by atoms with Crippen LogP contribution in [0.2, 0.25) is 0 Å². The minimum atomic E-state index is -0.316. The summed E-state index contributed by atoms with van der Waals surface area (Å²) in [7, 11) is 0. The first-order valence-corrected chi connectivity index (χ1v) is 7.06. The lowest BCUT2D eigenvalue weighted by Crippen LogP contribution is -2.26. The number of aliphatic imine (C=N–C) groups is 1. The van der Waals surface area contributed by atoms with Crippen molar-refractivity contribution in [2.75, 3.05) is 0 Å². The Balaban J connectivity index is 2.13. The van der Waals surface area contributed by atoms with Crippen molar-refractivity contribution in [1.29, 1.82) is 0 Å². The zero-order valence-corrected chi connectivity index (χ0v) is 12.4. The normalized spacial score (nSPS) is 17.7. The number of fused-ring (bicyclic) bond motifs is 1. The van der Waals surface area contributed by atoms with Gasteiger partial charge in [-0.1, -0.05) is 51.1 Å². The van der Waals surface area contributed by atoms with Crippen molar-refractivity contribution in [3.05, 3.63) is 65.5 Å². The molecule has 0 saturated heterocycles. The van der Waals surface area contributed by atoms with Crippen molar-refractivity contribution in [2.45, 2.75) is 26.8 Å². The first-order valence-electron chi connectivity index (χ1n) is 7.06. The molecule has 2 nitrogen and oxygen atoms in total. The summed E-state index contributed by atoms with van der Waals surface area (Å²) in [5.41, 5.74) is 1.38. The highest BCUT2D eigenvalue weighted by atomic mass is 19.1. The summed E-state index contributed by atoms with van der Waals surface area (Å²) >= 11 is 0. The van der Waals surface area contributed by atoms with Gasteiger partial charge in [-0.3, -0.25) is 0 Å². The maximum atomic E-state index is 14.0. The SMILES string of the molecule is CC(C)(C)[C@H]1N=C(c2ccccc2F)Oc2ccccc21. The first kappa shape index (κ1) is 13.8. The fourth-order valence-corrected chi connectivity index (χ4v) is 2.54. The molecule has 3 rings (SSSR count). The number of halogens is 1. The van der Waals surface area contributed by atoms with Crippen LogP contribution in [0.1, 0.15) is 37.9 Å². The fourth-order valence-electron chi connectivity index (χ4n) is 2.54. The van der Waals surface area contributed by atoms with Crippen LogP contribution in [0.3, 0.4) is 0 Å². The van der Waals surface area contributed by atoms with Crippen molar-refractivity contribution >= 4 is 5.90 Å². The monoisotopic (exact) mass is 283 g/mol. The Morgan fingerprint density at radius 3 is 2.38 bits per heavy atom. The van der Waals surface area contributed by atoms with Crippen LogP contribution in [-0.4, -0.2) is 5.90 Å². The summed E-state index contributed by atoms with van der Waals surface area (Å²) in [6.07, 6.45) is 0. The van der Waals surface area contributed by atoms with Crippen molar-refractivity contribution in [1.82, 2.24) is 0 Å². The van der Waals surface area contributed by atoms with Crippen LogP contribution in [0.25, 0.3) is 0 Å². The minimum absolute atomic E-state index is 0.0583. The topological polar surface area (TPSA) is 21.6 Å². The van der Waals surface area contributed by atoms with E-state index in [-0.39, 0.29) is 17.3 Å². The molecule has 2 aromatic rings. The van der Waals surface area contributed by atoms with E-state index in [2.05, 4.69) is 25.8 Å². The molecule has 1 aliphatic rings. The minimum Gasteiger partial charge on any atom is -0.438 e. The average molecular weight is 283 g/mol. The van der Waals surface area contributed by atoms with Crippen LogP contribution in [0.4, 0.5) is 4.39 Å². The summed E-state index contributed by atoms with van der Waals surface area (Å²) in [6.45, 7) is 6.38. The van der Waals surface area contributed by atoms with Crippen LogP contribution < -0.4 is 4.74 Å². The van der Waals surface area contributed by atoms with Gasteiger partial charge >= 0.3 is 0 Å². The molecular formula is C18H18FNO. The van der Waals surface area contributed by atoms with Crippen molar-refractivity contribution in [2.24, 2.45) is 10.4 Å². The van der Waals surface area contributed by atoms with Crippen molar-refractivity contribution in [3.8, 4) is 5.75 Å². The highest BCUT2D eigenvalue weighted by Gasteiger charge is 2.33. The molecule has 0 radical (unpaired) electrons. The maximum absolute atomic E-state index is 14.0. The number of ether oxygens (including phenoxy) is 1. The molecule has 0 spiro atoms. The van der Waals surface area contributed by atoms with Gasteiger partial charge in [0.15, 0.2) is 0 Å². The molecule has 21 heavy (non-hydrogen) atoms. The second-order valence-electron chi connectivity index (χ2n) is 6.32. The number of nitrogens with zero attached hydrogens (tertiary/aromatic N) is 1. The van der Waals surface area contributed by atoms with E-state index in [1.807, 2.05) is 24.3 Å². The number of rotatable bonds is 1. The Morgan fingerprint density at radius 2 is 1.67 bits per heavy atom. The predicted molar refractivity (Wildman–Crippen MR) is 82.2 cm³/mol. The molecule has 0 amide bonds. The largest absolute Gasteiger partial charge is 0.438 e. The van der Waals surface area contributed by atoms with Gasteiger partial charge in [-0.15, -0.1) is 0 Å². The zero-order chi connectivity index (χ0) is 15.0. The van der Waals surface area contributed by atoms with E-state index in [9.17, 15) is 4.39 Å². The third-order valence-corrected chi connectivity index (χ3v) is 3.59. The molecule has 0 fully saturated rings. The van der Waals surface area contributed by atoms with Crippen molar-refractivity contribution < 1.29 is 9.13 Å². The Hall–Kier alpha value is -2.16. The molecule has 0 aliphatic carbocycles. The molecule has 0 saturated carbocycles. The molecule has 2 aromatic carbocycles. The van der Waals surface area contributed by atoms with Crippen LogP contribution in [0.15, 0.2) is 53.5 Å². The molecule has 1 atom stereocenters. The highest BCUT2D eigenvalue weighted by Crippen LogP contribution is 2.43. The third-order valence-electron chi connectivity index (χ3n) is 3.59. The molecule has 1 aliphatic heterocycles. The van der Waals surface area contributed by atoms with Crippen LogP contribution in [0.5, 0.6) is 5.75 Å². The van der Waals surface area contributed by atoms with Gasteiger partial charge in [-0.2, -0.15) is 0 Å². The van der Waals surface area contributed by atoms with Crippen molar-refractivity contribution in [3.63, 3.8) is 0 Å². The Bertz CT molecular complexity index is 700. The highest BCUT2D eigenvalue weighted by molar-refractivity contribution is 5.97. The molecule has 3 heteroatoms. The lowest BCUT2D eigenvalue weighted by atomic mass is 9.82. The summed E-state index contributed by atoms with van der Waals surface area (Å²) < 4.78 is 19.8. The molecule has 1 heterocycles. The van der Waals surface area contributed by atoms with Gasteiger partial charge in [-0.25, -0.2) is 9.38 Å². The Labute approximate surface area is 124 Å². The van der Waals surface area contributed by atoms with E-state index >= 15 is 0 Å². The van der Waals surface area contributed by atoms with Gasteiger partial charge in [0.1, 0.15) is 11.6 Å². The molecule has 0 unspecified atom stereocenters. The van der Waals surface area contributed by atoms with Gasteiger partial charge in [0, 0.05) is 5.56 Å². The molecular weight excluding hydrogens is 265 g/mol. The third kappa shape index (κ3) is 2.56. The Morgan fingerprint density at radius 1 is 1.00 bits per heavy atom. The molecule has 0 N–H and O–H groups in total. The average Bonchev–Trinajstić information content (AvgIpc) is 2.45. The summed E-state index contributed by atoms with van der Waals surface area (Å²) in [5.74, 6) is 0.792. The lowest BCUT2D eigenvalue weighted by Gasteiger charge is -2.32. The number of benzene rings is 2. The van der Waals surface area contributed by atoms with E-state index in [0.29, 0.717) is 11.5 Å². The van der Waals surface area contributed by atoms with Crippen LogP contribution >= 0.6 is 0 Å². The van der Waals surface area contributed by atoms with E-state index in [4.69, 9.17) is 4.74 Å². The van der Waals surface area contributed by atoms with E-state index in [1.54, 1.807) is 18.2 Å². The standard InChI is InChI=1S/C18H18FNO/c1-18(2,3)16-13-9-5-7-11-15(13)21-17(20-16)12-8-4-6-10-14(12)19/h4-11,16H,1-3H3/t16-/m0/s1. The second kappa shape index (κ2) is 4.99. The summed E-state index contributed by atoms with van der Waals surface area (Å²) in [5, 5.41) is 0. The number of para-hydroxylation sites is 1. The fraction of sp³-hybridized carbons (Fsp3) is 0.278. The Kier molecular flexibility index (Phi) is 3.28. The van der Waals surface area contributed by atoms with Gasteiger partial charge in [0.2, 0.25) is 5.90 Å².